The van der Waals surface area contributed by atoms with Crippen molar-refractivity contribution in [1.82, 2.24) is 14.8 Å². The van der Waals surface area contributed by atoms with Gasteiger partial charge in [-0.05, 0) is 26.2 Å². The van der Waals surface area contributed by atoms with Crippen LogP contribution in [0.5, 0.6) is 0 Å². The summed E-state index contributed by atoms with van der Waals surface area (Å²) in [5.41, 5.74) is 6.11. The van der Waals surface area contributed by atoms with Gasteiger partial charge in [0, 0.05) is 31.9 Å². The number of hydrogen-bond donors (Lipinski definition) is 1. The minimum Gasteiger partial charge on any atom is -0.384 e. The lowest BCUT2D eigenvalue weighted by atomic mass is 10.2. The summed E-state index contributed by atoms with van der Waals surface area (Å²) >= 11 is 0. The second kappa shape index (κ2) is 5.46. The first kappa shape index (κ1) is 12.4. The average molecular weight is 222 g/mol. The molecule has 16 heavy (non-hydrogen) atoms. The van der Waals surface area contributed by atoms with Gasteiger partial charge < -0.3 is 15.5 Å². The van der Waals surface area contributed by atoms with Gasteiger partial charge in [-0.3, -0.25) is 4.79 Å². The Morgan fingerprint density at radius 3 is 2.62 bits per heavy atom. The monoisotopic (exact) mass is 222 g/mol. The van der Waals surface area contributed by atoms with Crippen LogP contribution in [0.2, 0.25) is 0 Å². The van der Waals surface area contributed by atoms with E-state index in [0.717, 1.165) is 6.54 Å². The molecule has 1 aromatic rings. The summed E-state index contributed by atoms with van der Waals surface area (Å²) in [5.74, 6) is 0.336. The van der Waals surface area contributed by atoms with E-state index in [1.165, 1.54) is 0 Å². The van der Waals surface area contributed by atoms with E-state index in [9.17, 15) is 4.79 Å². The van der Waals surface area contributed by atoms with Gasteiger partial charge in [0.1, 0.15) is 5.82 Å². The van der Waals surface area contributed by atoms with Crippen LogP contribution in [0.15, 0.2) is 18.3 Å². The molecule has 5 heteroatoms. The Balaban J connectivity index is 2.63. The minimum absolute atomic E-state index is 0.0315. The second-order valence-electron chi connectivity index (χ2n) is 4.00. The highest BCUT2D eigenvalue weighted by atomic mass is 16.2. The van der Waals surface area contributed by atoms with Crippen molar-refractivity contribution in [3.63, 3.8) is 0 Å². The molecule has 1 heterocycles. The molecule has 0 aromatic carbocycles. The highest BCUT2D eigenvalue weighted by Gasteiger charge is 2.11. The molecule has 0 aliphatic heterocycles. The van der Waals surface area contributed by atoms with Crippen LogP contribution in [0.4, 0.5) is 5.82 Å². The molecule has 1 rings (SSSR count). The highest BCUT2D eigenvalue weighted by molar-refractivity contribution is 5.94. The zero-order valence-corrected chi connectivity index (χ0v) is 9.97. The van der Waals surface area contributed by atoms with Crippen LogP contribution in [-0.2, 0) is 0 Å². The van der Waals surface area contributed by atoms with Crippen LogP contribution in [0.3, 0.4) is 0 Å². The molecule has 2 N–H and O–H groups in total. The summed E-state index contributed by atoms with van der Waals surface area (Å²) in [7, 11) is 5.73. The lowest BCUT2D eigenvalue weighted by molar-refractivity contribution is 0.0786. The molecular weight excluding hydrogens is 204 g/mol. The SMILES string of the molecule is CN(C)CCN(C)C(=O)c1ccnc(N)c1. The zero-order chi connectivity index (χ0) is 12.1. The van der Waals surface area contributed by atoms with Gasteiger partial charge in [0.05, 0.1) is 0 Å². The van der Waals surface area contributed by atoms with E-state index < -0.39 is 0 Å². The molecule has 88 valence electrons. The van der Waals surface area contributed by atoms with Gasteiger partial charge in [0.25, 0.3) is 5.91 Å². The van der Waals surface area contributed by atoms with Gasteiger partial charge in [-0.2, -0.15) is 0 Å². The Kier molecular flexibility index (Phi) is 4.25. The van der Waals surface area contributed by atoms with E-state index in [1.54, 1.807) is 30.3 Å². The molecule has 0 spiro atoms. The van der Waals surface area contributed by atoms with E-state index in [0.29, 0.717) is 17.9 Å². The highest BCUT2D eigenvalue weighted by Crippen LogP contribution is 2.05. The second-order valence-corrected chi connectivity index (χ2v) is 4.00. The zero-order valence-electron chi connectivity index (χ0n) is 9.97. The third-order valence-electron chi connectivity index (χ3n) is 2.26. The van der Waals surface area contributed by atoms with Crippen molar-refractivity contribution in [2.24, 2.45) is 0 Å². The van der Waals surface area contributed by atoms with Crippen LogP contribution in [-0.4, -0.2) is 54.9 Å². The van der Waals surface area contributed by atoms with Crippen molar-refractivity contribution in [3.8, 4) is 0 Å². The number of nitrogens with two attached hydrogens (primary N) is 1. The molecule has 0 fully saturated rings. The van der Waals surface area contributed by atoms with E-state index in [4.69, 9.17) is 5.73 Å². The van der Waals surface area contributed by atoms with Crippen LogP contribution in [0.25, 0.3) is 0 Å². The van der Waals surface area contributed by atoms with Crippen molar-refractivity contribution < 1.29 is 4.79 Å². The Morgan fingerprint density at radius 1 is 1.38 bits per heavy atom. The molecule has 1 amide bonds. The number of pyridine rings is 1. The first-order valence-electron chi connectivity index (χ1n) is 5.12. The maximum absolute atomic E-state index is 11.9. The fraction of sp³-hybridized carbons (Fsp3) is 0.455. The molecule has 0 aliphatic rings. The van der Waals surface area contributed by atoms with Crippen molar-refractivity contribution in [2.75, 3.05) is 40.0 Å². The lowest BCUT2D eigenvalue weighted by Gasteiger charge is -2.19. The summed E-state index contributed by atoms with van der Waals surface area (Å²) < 4.78 is 0. The van der Waals surface area contributed by atoms with Gasteiger partial charge in [-0.1, -0.05) is 0 Å². The lowest BCUT2D eigenvalue weighted by Crippen LogP contribution is -2.33. The number of aromatic nitrogens is 1. The number of carbonyl (C=O) groups excluding carboxylic acids is 1. The molecule has 0 aliphatic carbocycles. The van der Waals surface area contributed by atoms with Crippen LogP contribution in [0.1, 0.15) is 10.4 Å². The Morgan fingerprint density at radius 2 is 2.06 bits per heavy atom. The summed E-state index contributed by atoms with van der Waals surface area (Å²) in [4.78, 5) is 19.5. The molecule has 0 atom stereocenters. The van der Waals surface area contributed by atoms with Gasteiger partial charge in [0.15, 0.2) is 0 Å². The number of nitrogen functional groups attached to an aromatic ring is 1. The van der Waals surface area contributed by atoms with Crippen LogP contribution >= 0.6 is 0 Å². The van der Waals surface area contributed by atoms with Gasteiger partial charge in [0.2, 0.25) is 0 Å². The van der Waals surface area contributed by atoms with Crippen molar-refractivity contribution >= 4 is 11.7 Å². The number of anilines is 1. The number of likely N-dealkylation sites (N-methyl/N-ethyl adjacent to an activating group) is 2. The first-order valence-corrected chi connectivity index (χ1v) is 5.12. The topological polar surface area (TPSA) is 62.5 Å². The van der Waals surface area contributed by atoms with Crippen LogP contribution < -0.4 is 5.73 Å². The van der Waals surface area contributed by atoms with E-state index in [2.05, 4.69) is 4.98 Å². The number of amides is 1. The van der Waals surface area contributed by atoms with Crippen molar-refractivity contribution in [2.45, 2.75) is 0 Å². The standard InChI is InChI=1S/C11H18N4O/c1-14(2)6-7-15(3)11(16)9-4-5-13-10(12)8-9/h4-5,8H,6-7H2,1-3H3,(H2,12,13). The predicted molar refractivity (Wildman–Crippen MR) is 64.2 cm³/mol. The fourth-order valence-electron chi connectivity index (χ4n) is 1.25. The summed E-state index contributed by atoms with van der Waals surface area (Å²) in [6, 6.07) is 3.26. The average Bonchev–Trinajstić information content (AvgIpc) is 2.24. The minimum atomic E-state index is -0.0315. The van der Waals surface area contributed by atoms with E-state index in [-0.39, 0.29) is 5.91 Å². The Labute approximate surface area is 95.9 Å². The number of hydrogen-bond acceptors (Lipinski definition) is 4. The molecular formula is C11H18N4O. The predicted octanol–water partition coefficient (Wildman–Crippen LogP) is 0.297. The smallest absolute Gasteiger partial charge is 0.253 e. The molecule has 1 aromatic heterocycles. The molecule has 0 radical (unpaired) electrons. The van der Waals surface area contributed by atoms with E-state index >= 15 is 0 Å². The maximum Gasteiger partial charge on any atom is 0.253 e. The Bertz CT molecular complexity index is 365. The Hall–Kier alpha value is -1.62. The first-order chi connectivity index (χ1) is 7.50. The summed E-state index contributed by atoms with van der Waals surface area (Å²) in [6.45, 7) is 1.52. The molecule has 0 saturated heterocycles. The molecule has 0 unspecified atom stereocenters. The molecule has 5 nitrogen and oxygen atoms in total. The molecule has 0 bridgehead atoms. The normalized spacial score (nSPS) is 10.5. The van der Waals surface area contributed by atoms with E-state index in [1.807, 2.05) is 19.0 Å². The van der Waals surface area contributed by atoms with Crippen molar-refractivity contribution in [1.29, 1.82) is 0 Å². The maximum atomic E-state index is 11.9. The number of nitrogens with zero attached hydrogens (tertiary/aromatic N) is 3. The van der Waals surface area contributed by atoms with Gasteiger partial charge in [-0.15, -0.1) is 0 Å². The summed E-state index contributed by atoms with van der Waals surface area (Å²) in [6.07, 6.45) is 1.54. The third kappa shape index (κ3) is 3.51. The van der Waals surface area contributed by atoms with Crippen molar-refractivity contribution in [3.05, 3.63) is 23.9 Å². The number of rotatable bonds is 4. The fourth-order valence-corrected chi connectivity index (χ4v) is 1.25. The largest absolute Gasteiger partial charge is 0.384 e. The van der Waals surface area contributed by atoms with Crippen LogP contribution in [0, 0.1) is 0 Å². The number of carbonyl (C=O) groups is 1. The summed E-state index contributed by atoms with van der Waals surface area (Å²) in [5, 5.41) is 0. The van der Waals surface area contributed by atoms with Gasteiger partial charge >= 0.3 is 0 Å². The quantitative estimate of drug-likeness (QED) is 0.795. The molecule has 0 saturated carbocycles. The van der Waals surface area contributed by atoms with Gasteiger partial charge in [-0.25, -0.2) is 4.98 Å². The third-order valence-corrected chi connectivity index (χ3v) is 2.26.